The molecule has 2 N–H and O–H groups in total. The Morgan fingerprint density at radius 2 is 2.15 bits per heavy atom. The maximum absolute atomic E-state index is 12.3. The second kappa shape index (κ2) is 6.52. The summed E-state index contributed by atoms with van der Waals surface area (Å²) >= 11 is 3.33. The van der Waals surface area contributed by atoms with Gasteiger partial charge in [0.15, 0.2) is 0 Å². The number of hydrogen-bond acceptors (Lipinski definition) is 3. The zero-order valence-corrected chi connectivity index (χ0v) is 12.8. The molecule has 1 aromatic heterocycles. The van der Waals surface area contributed by atoms with Crippen molar-refractivity contribution < 1.29 is 4.79 Å². The number of likely N-dealkylation sites (N-methyl/N-ethyl adjacent to an activating group) is 1. The van der Waals surface area contributed by atoms with Crippen LogP contribution in [0.1, 0.15) is 16.1 Å². The Morgan fingerprint density at radius 1 is 1.35 bits per heavy atom. The first kappa shape index (κ1) is 14.5. The monoisotopic (exact) mass is 333 g/mol. The standard InChI is InChI=1S/C15H16BrN3O/c1-19(9-7-12-4-2-3-8-18-12)15(20)13-6-5-11(16)10-14(13)17/h2-6,8,10H,7,9,17H2,1H3. The van der Waals surface area contributed by atoms with E-state index < -0.39 is 0 Å². The van der Waals surface area contributed by atoms with Gasteiger partial charge in [-0.3, -0.25) is 9.78 Å². The molecule has 0 aliphatic rings. The fraction of sp³-hybridized carbons (Fsp3) is 0.200. The van der Waals surface area contributed by atoms with E-state index in [1.54, 1.807) is 30.3 Å². The van der Waals surface area contributed by atoms with Crippen LogP contribution in [-0.4, -0.2) is 29.4 Å². The molecular weight excluding hydrogens is 318 g/mol. The average molecular weight is 334 g/mol. The molecule has 104 valence electrons. The number of carbonyl (C=O) groups excluding carboxylic acids is 1. The van der Waals surface area contributed by atoms with Gasteiger partial charge in [0.1, 0.15) is 0 Å². The van der Waals surface area contributed by atoms with Crippen LogP contribution in [-0.2, 0) is 6.42 Å². The number of benzene rings is 1. The van der Waals surface area contributed by atoms with Gasteiger partial charge in [-0.2, -0.15) is 0 Å². The SMILES string of the molecule is CN(CCc1ccccn1)C(=O)c1ccc(Br)cc1N. The summed E-state index contributed by atoms with van der Waals surface area (Å²) in [6, 6.07) is 11.1. The maximum atomic E-state index is 12.3. The van der Waals surface area contributed by atoms with Gasteiger partial charge in [-0.25, -0.2) is 0 Å². The van der Waals surface area contributed by atoms with E-state index in [-0.39, 0.29) is 5.91 Å². The minimum Gasteiger partial charge on any atom is -0.398 e. The summed E-state index contributed by atoms with van der Waals surface area (Å²) in [5.41, 5.74) is 7.85. The Balaban J connectivity index is 2.01. The summed E-state index contributed by atoms with van der Waals surface area (Å²) in [6.07, 6.45) is 2.48. The normalized spacial score (nSPS) is 10.3. The number of aromatic nitrogens is 1. The van der Waals surface area contributed by atoms with Crippen molar-refractivity contribution in [3.8, 4) is 0 Å². The predicted molar refractivity (Wildman–Crippen MR) is 83.5 cm³/mol. The van der Waals surface area contributed by atoms with E-state index in [1.165, 1.54) is 0 Å². The molecule has 1 aromatic carbocycles. The number of halogens is 1. The molecule has 2 rings (SSSR count). The van der Waals surface area contributed by atoms with Crippen LogP contribution in [0.2, 0.25) is 0 Å². The lowest BCUT2D eigenvalue weighted by atomic mass is 10.1. The van der Waals surface area contributed by atoms with Gasteiger partial charge in [-0.15, -0.1) is 0 Å². The van der Waals surface area contributed by atoms with Gasteiger partial charge in [0.2, 0.25) is 0 Å². The highest BCUT2D eigenvalue weighted by molar-refractivity contribution is 9.10. The van der Waals surface area contributed by atoms with Gasteiger partial charge in [0.05, 0.1) is 5.56 Å². The van der Waals surface area contributed by atoms with Gasteiger partial charge < -0.3 is 10.6 Å². The second-order valence-electron chi connectivity index (χ2n) is 4.53. The number of anilines is 1. The number of carbonyl (C=O) groups is 1. The first-order valence-electron chi connectivity index (χ1n) is 6.28. The largest absolute Gasteiger partial charge is 0.398 e. The Morgan fingerprint density at radius 3 is 2.80 bits per heavy atom. The van der Waals surface area contributed by atoms with Crippen LogP contribution in [0.15, 0.2) is 47.1 Å². The minimum atomic E-state index is -0.0778. The molecule has 1 heterocycles. The molecule has 0 bridgehead atoms. The first-order chi connectivity index (χ1) is 9.58. The Hall–Kier alpha value is -1.88. The van der Waals surface area contributed by atoms with Crippen molar-refractivity contribution in [3.63, 3.8) is 0 Å². The van der Waals surface area contributed by atoms with Gasteiger partial charge in [-0.05, 0) is 30.3 Å². The average Bonchev–Trinajstić information content (AvgIpc) is 2.45. The molecule has 0 atom stereocenters. The second-order valence-corrected chi connectivity index (χ2v) is 5.45. The van der Waals surface area contributed by atoms with Crippen LogP contribution in [0, 0.1) is 0 Å². The van der Waals surface area contributed by atoms with Crippen molar-refractivity contribution in [2.75, 3.05) is 19.3 Å². The van der Waals surface area contributed by atoms with Gasteiger partial charge in [-0.1, -0.05) is 22.0 Å². The number of nitrogens with two attached hydrogens (primary N) is 1. The lowest BCUT2D eigenvalue weighted by Gasteiger charge is -2.18. The van der Waals surface area contributed by atoms with Gasteiger partial charge in [0, 0.05) is 42.1 Å². The predicted octanol–water partition coefficient (Wildman–Crippen LogP) is 2.74. The number of nitrogen functional groups attached to an aromatic ring is 1. The molecular formula is C15H16BrN3O. The third kappa shape index (κ3) is 3.57. The minimum absolute atomic E-state index is 0.0778. The number of amides is 1. The molecule has 0 spiro atoms. The molecule has 0 unspecified atom stereocenters. The first-order valence-corrected chi connectivity index (χ1v) is 7.07. The summed E-state index contributed by atoms with van der Waals surface area (Å²) in [4.78, 5) is 18.2. The van der Waals surface area contributed by atoms with Crippen LogP contribution in [0.3, 0.4) is 0 Å². The highest BCUT2D eigenvalue weighted by Gasteiger charge is 2.14. The number of pyridine rings is 1. The Labute approximate surface area is 126 Å². The van der Waals surface area contributed by atoms with Crippen LogP contribution < -0.4 is 5.73 Å². The van der Waals surface area contributed by atoms with E-state index in [4.69, 9.17) is 5.73 Å². The number of rotatable bonds is 4. The summed E-state index contributed by atoms with van der Waals surface area (Å²) in [6.45, 7) is 0.603. The van der Waals surface area contributed by atoms with Crippen molar-refractivity contribution in [2.45, 2.75) is 6.42 Å². The maximum Gasteiger partial charge on any atom is 0.255 e. The van der Waals surface area contributed by atoms with Gasteiger partial charge >= 0.3 is 0 Å². The zero-order valence-electron chi connectivity index (χ0n) is 11.2. The van der Waals surface area contributed by atoms with E-state index in [2.05, 4.69) is 20.9 Å². The molecule has 5 heteroatoms. The lowest BCUT2D eigenvalue weighted by molar-refractivity contribution is 0.0797. The van der Waals surface area contributed by atoms with E-state index in [0.717, 1.165) is 16.6 Å². The van der Waals surface area contributed by atoms with E-state index in [0.29, 0.717) is 17.8 Å². The lowest BCUT2D eigenvalue weighted by Crippen LogP contribution is -2.29. The zero-order chi connectivity index (χ0) is 14.5. The van der Waals surface area contributed by atoms with Crippen molar-refractivity contribution in [1.82, 2.24) is 9.88 Å². The van der Waals surface area contributed by atoms with Crippen LogP contribution in [0.25, 0.3) is 0 Å². The Bertz CT molecular complexity index is 601. The molecule has 0 saturated heterocycles. The van der Waals surface area contributed by atoms with E-state index >= 15 is 0 Å². The molecule has 0 aliphatic carbocycles. The molecule has 4 nitrogen and oxygen atoms in total. The topological polar surface area (TPSA) is 59.2 Å². The third-order valence-electron chi connectivity index (χ3n) is 3.02. The van der Waals surface area contributed by atoms with Crippen molar-refractivity contribution in [3.05, 3.63) is 58.3 Å². The van der Waals surface area contributed by atoms with Crippen molar-refractivity contribution >= 4 is 27.5 Å². The third-order valence-corrected chi connectivity index (χ3v) is 3.51. The quantitative estimate of drug-likeness (QED) is 0.875. The smallest absolute Gasteiger partial charge is 0.255 e. The number of nitrogens with zero attached hydrogens (tertiary/aromatic N) is 2. The molecule has 0 fully saturated rings. The summed E-state index contributed by atoms with van der Waals surface area (Å²) in [5, 5.41) is 0. The molecule has 0 radical (unpaired) electrons. The van der Waals surface area contributed by atoms with Crippen LogP contribution in [0.5, 0.6) is 0 Å². The van der Waals surface area contributed by atoms with Gasteiger partial charge in [0.25, 0.3) is 5.91 Å². The summed E-state index contributed by atoms with van der Waals surface area (Å²) < 4.78 is 0.864. The highest BCUT2D eigenvalue weighted by Crippen LogP contribution is 2.19. The molecule has 1 amide bonds. The Kier molecular flexibility index (Phi) is 4.74. The summed E-state index contributed by atoms with van der Waals surface area (Å²) in [5.74, 6) is -0.0778. The van der Waals surface area contributed by atoms with Crippen LogP contribution in [0.4, 0.5) is 5.69 Å². The van der Waals surface area contributed by atoms with Crippen LogP contribution >= 0.6 is 15.9 Å². The number of hydrogen-bond donors (Lipinski definition) is 1. The fourth-order valence-corrected chi connectivity index (χ4v) is 2.24. The van der Waals surface area contributed by atoms with E-state index in [1.807, 2.05) is 24.3 Å². The molecule has 0 aliphatic heterocycles. The highest BCUT2D eigenvalue weighted by atomic mass is 79.9. The summed E-state index contributed by atoms with van der Waals surface area (Å²) in [7, 11) is 1.77. The molecule has 2 aromatic rings. The fourth-order valence-electron chi connectivity index (χ4n) is 1.86. The van der Waals surface area contributed by atoms with Crippen molar-refractivity contribution in [1.29, 1.82) is 0 Å². The van der Waals surface area contributed by atoms with Crippen molar-refractivity contribution in [2.24, 2.45) is 0 Å². The van der Waals surface area contributed by atoms with E-state index in [9.17, 15) is 4.79 Å². The molecule has 20 heavy (non-hydrogen) atoms. The molecule has 0 saturated carbocycles.